The molecule has 1 aromatic carbocycles. The molecule has 0 aromatic heterocycles. The van der Waals surface area contributed by atoms with Gasteiger partial charge in [0.15, 0.2) is 5.92 Å². The molecule has 0 N–H and O–H groups in total. The summed E-state index contributed by atoms with van der Waals surface area (Å²) in [6, 6.07) is 6.67. The number of esters is 2. The molecule has 0 saturated carbocycles. The van der Waals surface area contributed by atoms with Crippen molar-refractivity contribution in [1.82, 2.24) is 0 Å². The van der Waals surface area contributed by atoms with Gasteiger partial charge in [-0.15, -0.1) is 0 Å². The highest BCUT2D eigenvalue weighted by molar-refractivity contribution is 6.74. The molecule has 0 fully saturated rings. The summed E-state index contributed by atoms with van der Waals surface area (Å²) in [5, 5.41) is 11.2. The van der Waals surface area contributed by atoms with Crippen LogP contribution >= 0.6 is 0 Å². The van der Waals surface area contributed by atoms with Gasteiger partial charge in [0.2, 0.25) is 14.9 Å². The molecular formula is C19H29NO7Si. The normalized spacial score (nSPS) is 13.0. The molecular weight excluding hydrogens is 382 g/mol. The summed E-state index contributed by atoms with van der Waals surface area (Å²) in [5.41, 5.74) is 0.458. The van der Waals surface area contributed by atoms with Crippen molar-refractivity contribution in [2.24, 2.45) is 5.92 Å². The molecule has 0 aliphatic carbocycles. The van der Waals surface area contributed by atoms with Gasteiger partial charge in [0, 0.05) is 4.92 Å². The third kappa shape index (κ3) is 5.79. The summed E-state index contributed by atoms with van der Waals surface area (Å²) in [7, 11) is 0.203. The maximum atomic E-state index is 12.1. The molecule has 0 radical (unpaired) electrons. The van der Waals surface area contributed by atoms with E-state index < -0.39 is 43.6 Å². The quantitative estimate of drug-likeness (QED) is 0.212. The van der Waals surface area contributed by atoms with Crippen LogP contribution in [0.4, 0.5) is 0 Å². The van der Waals surface area contributed by atoms with Crippen LogP contribution in [-0.2, 0) is 19.1 Å². The van der Waals surface area contributed by atoms with Gasteiger partial charge in [-0.1, -0.05) is 32.9 Å². The van der Waals surface area contributed by atoms with E-state index in [2.05, 4.69) is 43.3 Å². The predicted molar refractivity (Wildman–Crippen MR) is 106 cm³/mol. The molecule has 1 atom stereocenters. The first-order valence-corrected chi connectivity index (χ1v) is 11.8. The fraction of sp³-hybridized carbons (Fsp3) is 0.579. The summed E-state index contributed by atoms with van der Waals surface area (Å²) < 4.78 is 15.5. The highest BCUT2D eigenvalue weighted by Crippen LogP contribution is 2.38. The molecule has 9 heteroatoms. The van der Waals surface area contributed by atoms with Crippen LogP contribution < -0.4 is 4.43 Å². The number of nitrogens with zero attached hydrogens (tertiary/aromatic N) is 1. The molecule has 0 bridgehead atoms. The highest BCUT2D eigenvalue weighted by atomic mass is 28.4. The lowest BCUT2D eigenvalue weighted by molar-refractivity contribution is -0.484. The van der Waals surface area contributed by atoms with Crippen molar-refractivity contribution in [3.05, 3.63) is 39.9 Å². The van der Waals surface area contributed by atoms with Crippen LogP contribution in [0.3, 0.4) is 0 Å². The third-order valence-electron chi connectivity index (χ3n) is 5.15. The van der Waals surface area contributed by atoms with Crippen molar-refractivity contribution in [3.8, 4) is 5.75 Å². The maximum Gasteiger partial charge on any atom is 0.320 e. The van der Waals surface area contributed by atoms with Gasteiger partial charge in [0.1, 0.15) is 5.75 Å². The van der Waals surface area contributed by atoms with E-state index in [1.54, 1.807) is 24.3 Å². The average molecular weight is 412 g/mol. The van der Waals surface area contributed by atoms with Crippen LogP contribution in [0, 0.1) is 16.0 Å². The number of carbonyl (C=O) groups excluding carboxylic acids is 2. The molecule has 156 valence electrons. The van der Waals surface area contributed by atoms with Gasteiger partial charge in [0.25, 0.3) is 0 Å². The fourth-order valence-corrected chi connectivity index (χ4v) is 3.50. The standard InChI is InChI=1S/C19H29NO7Si/c1-19(2,3)28(6,7)27-14-10-8-13(9-11-14)15(12-20(23)24)16(17(21)25-4)18(22)26-5/h8-11,15-16H,12H2,1-7H3/t15-/m1/s1. The first kappa shape index (κ1) is 23.6. The molecule has 28 heavy (non-hydrogen) atoms. The van der Waals surface area contributed by atoms with Crippen LogP contribution in [0.1, 0.15) is 32.3 Å². The summed E-state index contributed by atoms with van der Waals surface area (Å²) in [6.07, 6.45) is 0. The van der Waals surface area contributed by atoms with Crippen molar-refractivity contribution < 1.29 is 28.4 Å². The molecule has 0 spiro atoms. The van der Waals surface area contributed by atoms with Crippen molar-refractivity contribution in [3.63, 3.8) is 0 Å². The van der Waals surface area contributed by atoms with E-state index in [0.717, 1.165) is 14.2 Å². The largest absolute Gasteiger partial charge is 0.544 e. The van der Waals surface area contributed by atoms with E-state index in [4.69, 9.17) is 4.43 Å². The van der Waals surface area contributed by atoms with Gasteiger partial charge in [-0.25, -0.2) is 0 Å². The van der Waals surface area contributed by atoms with Crippen molar-refractivity contribution in [1.29, 1.82) is 0 Å². The maximum absolute atomic E-state index is 12.1. The molecule has 0 aliphatic rings. The van der Waals surface area contributed by atoms with Crippen LogP contribution in [0.2, 0.25) is 18.1 Å². The summed E-state index contributed by atoms with van der Waals surface area (Å²) >= 11 is 0. The minimum atomic E-state index is -2.04. The Bertz CT molecular complexity index is 694. The monoisotopic (exact) mass is 411 g/mol. The second-order valence-electron chi connectivity index (χ2n) is 8.08. The van der Waals surface area contributed by atoms with Crippen molar-refractivity contribution >= 4 is 20.3 Å². The lowest BCUT2D eigenvalue weighted by Gasteiger charge is -2.36. The Labute approximate surface area is 166 Å². The van der Waals surface area contributed by atoms with E-state index in [0.29, 0.717) is 11.3 Å². The zero-order chi connectivity index (χ0) is 21.7. The molecule has 8 nitrogen and oxygen atoms in total. The van der Waals surface area contributed by atoms with Gasteiger partial charge in [-0.3, -0.25) is 19.7 Å². The zero-order valence-corrected chi connectivity index (χ0v) is 18.5. The van der Waals surface area contributed by atoms with E-state index in [9.17, 15) is 19.7 Å². The minimum Gasteiger partial charge on any atom is -0.544 e. The summed E-state index contributed by atoms with van der Waals surface area (Å²) in [5.74, 6) is -3.55. The van der Waals surface area contributed by atoms with Crippen molar-refractivity contribution in [2.75, 3.05) is 20.8 Å². The molecule has 1 aromatic rings. The van der Waals surface area contributed by atoms with Crippen LogP contribution in [0.25, 0.3) is 0 Å². The van der Waals surface area contributed by atoms with Gasteiger partial charge in [-0.2, -0.15) is 0 Å². The third-order valence-corrected chi connectivity index (χ3v) is 9.50. The average Bonchev–Trinajstić information content (AvgIpc) is 2.59. The lowest BCUT2D eigenvalue weighted by Crippen LogP contribution is -2.43. The van der Waals surface area contributed by atoms with E-state index >= 15 is 0 Å². The minimum absolute atomic E-state index is 0.0146. The summed E-state index contributed by atoms with van der Waals surface area (Å²) in [4.78, 5) is 34.8. The number of rotatable bonds is 8. The first-order valence-electron chi connectivity index (χ1n) is 8.90. The lowest BCUT2D eigenvalue weighted by atomic mass is 9.85. The topological polar surface area (TPSA) is 105 Å². The number of ether oxygens (including phenoxy) is 2. The number of carbonyl (C=O) groups is 2. The smallest absolute Gasteiger partial charge is 0.320 e. The summed E-state index contributed by atoms with van der Waals surface area (Å²) in [6.45, 7) is 9.98. The Morgan fingerprint density at radius 3 is 1.89 bits per heavy atom. The molecule has 0 heterocycles. The Hall–Kier alpha value is -2.42. The Morgan fingerprint density at radius 2 is 1.54 bits per heavy atom. The van der Waals surface area contributed by atoms with Gasteiger partial charge in [-0.05, 0) is 35.8 Å². The number of methoxy groups -OCH3 is 2. The van der Waals surface area contributed by atoms with Crippen LogP contribution in [0.5, 0.6) is 5.75 Å². The van der Waals surface area contributed by atoms with Crippen LogP contribution in [0.15, 0.2) is 24.3 Å². The number of hydrogen-bond donors (Lipinski definition) is 0. The Morgan fingerprint density at radius 1 is 1.07 bits per heavy atom. The fourth-order valence-electron chi connectivity index (χ4n) is 2.47. The van der Waals surface area contributed by atoms with E-state index in [1.165, 1.54) is 0 Å². The predicted octanol–water partition coefficient (Wildman–Crippen LogP) is 3.39. The second kappa shape index (κ2) is 9.18. The molecule has 0 amide bonds. The SMILES string of the molecule is COC(=O)C(C(=O)OC)[C@H](C[N+](=O)[O-])c1ccc(O[Si](C)(C)C(C)(C)C)cc1. The Kier molecular flexibility index (Phi) is 7.74. The number of hydrogen-bond acceptors (Lipinski definition) is 7. The molecule has 1 rings (SSSR count). The first-order chi connectivity index (χ1) is 12.8. The zero-order valence-electron chi connectivity index (χ0n) is 17.5. The molecule has 0 unspecified atom stereocenters. The van der Waals surface area contributed by atoms with Gasteiger partial charge >= 0.3 is 11.9 Å². The van der Waals surface area contributed by atoms with Gasteiger partial charge in [0.05, 0.1) is 20.1 Å². The van der Waals surface area contributed by atoms with Gasteiger partial charge < -0.3 is 13.9 Å². The Balaban J connectivity index is 3.24. The number of nitro groups is 1. The van der Waals surface area contributed by atoms with Crippen LogP contribution in [-0.4, -0.2) is 45.9 Å². The van der Waals surface area contributed by atoms with Crippen molar-refractivity contribution in [2.45, 2.75) is 44.8 Å². The molecule has 0 aliphatic heterocycles. The molecule has 0 saturated heterocycles. The second-order valence-corrected chi connectivity index (χ2v) is 12.8. The van der Waals surface area contributed by atoms with E-state index in [-0.39, 0.29) is 5.04 Å². The van der Waals surface area contributed by atoms with E-state index in [1.807, 2.05) is 0 Å². The highest BCUT2D eigenvalue weighted by Gasteiger charge is 2.41. The number of benzene rings is 1.